The van der Waals surface area contributed by atoms with Gasteiger partial charge in [-0.15, -0.1) is 0 Å². The zero-order valence-electron chi connectivity index (χ0n) is 11.8. The lowest BCUT2D eigenvalue weighted by Gasteiger charge is -2.27. The maximum atomic E-state index is 4.70. The third-order valence-corrected chi connectivity index (χ3v) is 5.03. The number of halogens is 1. The molecule has 3 rings (SSSR count). The van der Waals surface area contributed by atoms with Gasteiger partial charge >= 0.3 is 0 Å². The summed E-state index contributed by atoms with van der Waals surface area (Å²) in [6, 6.07) is 8.91. The second kappa shape index (κ2) is 6.24. The van der Waals surface area contributed by atoms with Crippen LogP contribution in [0.3, 0.4) is 0 Å². The number of aromatic nitrogens is 3. The Labute approximate surface area is 133 Å². The van der Waals surface area contributed by atoms with Crippen LogP contribution in [0.2, 0.25) is 0 Å². The molecular weight excluding hydrogens is 361 g/mol. The molecule has 0 radical (unpaired) electrons. The molecule has 1 aromatic carbocycles. The Bertz CT molecular complexity index is 571. The Morgan fingerprint density at radius 3 is 2.75 bits per heavy atom. The highest BCUT2D eigenvalue weighted by atomic mass is 127. The molecule has 1 heterocycles. The number of rotatable bonds is 3. The van der Waals surface area contributed by atoms with Gasteiger partial charge in [0.15, 0.2) is 5.82 Å². The number of hydrogen-bond acceptors (Lipinski definition) is 2. The van der Waals surface area contributed by atoms with E-state index in [1.807, 2.05) is 6.33 Å². The first-order valence-corrected chi connectivity index (χ1v) is 8.51. The number of hydrogen-bond donors (Lipinski definition) is 0. The minimum atomic E-state index is 0.543. The maximum absolute atomic E-state index is 4.70. The third-order valence-electron chi connectivity index (χ3n) is 4.36. The molecule has 2 aromatic rings. The van der Waals surface area contributed by atoms with Crippen molar-refractivity contribution < 1.29 is 0 Å². The van der Waals surface area contributed by atoms with Crippen LogP contribution < -0.4 is 0 Å². The van der Waals surface area contributed by atoms with Crippen LogP contribution in [0, 0.1) is 9.49 Å². The monoisotopic (exact) mass is 381 g/mol. The molecule has 4 heteroatoms. The normalized spacial score (nSPS) is 22.9. The molecule has 20 heavy (non-hydrogen) atoms. The number of benzene rings is 1. The summed E-state index contributed by atoms with van der Waals surface area (Å²) in [5.41, 5.74) is 1.11. The van der Waals surface area contributed by atoms with E-state index in [1.54, 1.807) is 0 Å². The van der Waals surface area contributed by atoms with E-state index in [9.17, 15) is 0 Å². The smallest absolute Gasteiger partial charge is 0.181 e. The Morgan fingerprint density at radius 2 is 2.05 bits per heavy atom. The summed E-state index contributed by atoms with van der Waals surface area (Å²) in [6.45, 7) is 2.30. The molecule has 0 saturated heterocycles. The van der Waals surface area contributed by atoms with E-state index in [1.165, 1.54) is 35.7 Å². The third kappa shape index (κ3) is 3.05. The average molecular weight is 381 g/mol. The molecule has 0 spiro atoms. The van der Waals surface area contributed by atoms with Crippen molar-refractivity contribution in [2.45, 2.75) is 45.1 Å². The molecule has 1 aliphatic rings. The highest BCUT2D eigenvalue weighted by Gasteiger charge is 2.22. The quantitative estimate of drug-likeness (QED) is 0.723. The van der Waals surface area contributed by atoms with Gasteiger partial charge in [-0.1, -0.05) is 25.5 Å². The van der Waals surface area contributed by atoms with Crippen molar-refractivity contribution in [1.29, 1.82) is 0 Å². The summed E-state index contributed by atoms with van der Waals surface area (Å²) < 4.78 is 3.31. The van der Waals surface area contributed by atoms with E-state index in [4.69, 9.17) is 5.10 Å². The van der Waals surface area contributed by atoms with Crippen molar-refractivity contribution in [2.75, 3.05) is 0 Å². The van der Waals surface area contributed by atoms with Gasteiger partial charge in [-0.05, 0) is 66.3 Å². The second-order valence-corrected chi connectivity index (χ2v) is 6.89. The average Bonchev–Trinajstić information content (AvgIpc) is 2.97. The summed E-state index contributed by atoms with van der Waals surface area (Å²) in [4.78, 5) is 4.49. The van der Waals surface area contributed by atoms with Gasteiger partial charge in [-0.2, -0.15) is 5.10 Å². The fraction of sp³-hybridized carbons (Fsp3) is 0.500. The van der Waals surface area contributed by atoms with Crippen LogP contribution in [0.5, 0.6) is 0 Å². The molecule has 106 valence electrons. The summed E-state index contributed by atoms with van der Waals surface area (Å²) >= 11 is 2.33. The van der Waals surface area contributed by atoms with Gasteiger partial charge in [0.2, 0.25) is 0 Å². The van der Waals surface area contributed by atoms with Gasteiger partial charge in [0, 0.05) is 9.13 Å². The molecular formula is C16H20IN3. The van der Waals surface area contributed by atoms with Crippen molar-refractivity contribution in [3.05, 3.63) is 34.2 Å². The fourth-order valence-electron chi connectivity index (χ4n) is 3.03. The van der Waals surface area contributed by atoms with Gasteiger partial charge in [-0.3, -0.25) is 0 Å². The summed E-state index contributed by atoms with van der Waals surface area (Å²) in [6.07, 6.45) is 8.38. The summed E-state index contributed by atoms with van der Waals surface area (Å²) in [5, 5.41) is 4.70. The molecule has 0 unspecified atom stereocenters. The summed E-state index contributed by atoms with van der Waals surface area (Å²) in [7, 11) is 0. The Kier molecular flexibility index (Phi) is 4.38. The molecule has 0 atom stereocenters. The van der Waals surface area contributed by atoms with E-state index in [-0.39, 0.29) is 0 Å². The largest absolute Gasteiger partial charge is 0.249 e. The van der Waals surface area contributed by atoms with Gasteiger partial charge in [-0.25, -0.2) is 9.67 Å². The Balaban J connectivity index is 1.74. The van der Waals surface area contributed by atoms with E-state index in [0.29, 0.717) is 6.04 Å². The van der Waals surface area contributed by atoms with Crippen LogP contribution in [-0.2, 0) is 0 Å². The van der Waals surface area contributed by atoms with E-state index >= 15 is 0 Å². The first-order chi connectivity index (χ1) is 9.76. The van der Waals surface area contributed by atoms with Gasteiger partial charge < -0.3 is 0 Å². The number of nitrogens with zero attached hydrogens (tertiary/aromatic N) is 3. The molecule has 0 aliphatic heterocycles. The lowest BCUT2D eigenvalue weighted by molar-refractivity contribution is 0.256. The van der Waals surface area contributed by atoms with Crippen molar-refractivity contribution in [2.24, 2.45) is 5.92 Å². The van der Waals surface area contributed by atoms with Crippen LogP contribution in [0.15, 0.2) is 30.6 Å². The second-order valence-electron chi connectivity index (χ2n) is 5.64. The van der Waals surface area contributed by atoms with Gasteiger partial charge in [0.05, 0.1) is 6.04 Å². The standard InChI is InChI=1S/C16H20IN3/c1-2-12-6-8-15(9-7-12)20-11-18-16(19-20)13-4-3-5-14(17)10-13/h3-5,10-12,15H,2,6-9H2,1H3. The van der Waals surface area contributed by atoms with Crippen LogP contribution in [0.1, 0.15) is 45.1 Å². The molecule has 1 saturated carbocycles. The molecule has 1 aromatic heterocycles. The minimum absolute atomic E-state index is 0.543. The SMILES string of the molecule is CCC1CCC(n2cnc(-c3cccc(I)c3)n2)CC1. The minimum Gasteiger partial charge on any atom is -0.249 e. The van der Waals surface area contributed by atoms with Crippen LogP contribution in [0.25, 0.3) is 11.4 Å². The predicted molar refractivity (Wildman–Crippen MR) is 89.5 cm³/mol. The molecule has 0 bridgehead atoms. The molecule has 1 fully saturated rings. The first-order valence-electron chi connectivity index (χ1n) is 7.43. The lowest BCUT2D eigenvalue weighted by atomic mass is 9.85. The molecule has 0 amide bonds. The molecule has 1 aliphatic carbocycles. The Hall–Kier alpha value is -0.910. The van der Waals surface area contributed by atoms with Crippen molar-refractivity contribution >= 4 is 22.6 Å². The summed E-state index contributed by atoms with van der Waals surface area (Å²) in [5.74, 6) is 1.77. The van der Waals surface area contributed by atoms with Crippen molar-refractivity contribution in [1.82, 2.24) is 14.8 Å². The van der Waals surface area contributed by atoms with E-state index in [0.717, 1.165) is 17.3 Å². The van der Waals surface area contributed by atoms with Crippen LogP contribution in [-0.4, -0.2) is 14.8 Å². The predicted octanol–water partition coefficient (Wildman–Crippen LogP) is 4.69. The van der Waals surface area contributed by atoms with Gasteiger partial charge in [0.25, 0.3) is 0 Å². The highest BCUT2D eigenvalue weighted by Crippen LogP contribution is 2.33. The molecule has 3 nitrogen and oxygen atoms in total. The highest BCUT2D eigenvalue weighted by molar-refractivity contribution is 14.1. The van der Waals surface area contributed by atoms with Gasteiger partial charge in [0.1, 0.15) is 6.33 Å². The lowest BCUT2D eigenvalue weighted by Crippen LogP contribution is -2.18. The zero-order chi connectivity index (χ0) is 13.9. The fourth-order valence-corrected chi connectivity index (χ4v) is 3.57. The topological polar surface area (TPSA) is 30.7 Å². The zero-order valence-corrected chi connectivity index (χ0v) is 14.0. The van der Waals surface area contributed by atoms with Crippen LogP contribution >= 0.6 is 22.6 Å². The maximum Gasteiger partial charge on any atom is 0.181 e. The molecule has 0 N–H and O–H groups in total. The van der Waals surface area contributed by atoms with E-state index in [2.05, 4.69) is 63.4 Å². The van der Waals surface area contributed by atoms with Crippen molar-refractivity contribution in [3.63, 3.8) is 0 Å². The van der Waals surface area contributed by atoms with Crippen molar-refractivity contribution in [3.8, 4) is 11.4 Å². The van der Waals surface area contributed by atoms with Crippen LogP contribution in [0.4, 0.5) is 0 Å². The first kappa shape index (κ1) is 14.0. The Morgan fingerprint density at radius 1 is 1.25 bits per heavy atom. The van der Waals surface area contributed by atoms with E-state index < -0.39 is 0 Å².